The third kappa shape index (κ3) is 7.86. The van der Waals surface area contributed by atoms with Gasteiger partial charge in [-0.05, 0) is 37.5 Å². The van der Waals surface area contributed by atoms with Gasteiger partial charge in [-0.25, -0.2) is 4.79 Å². The van der Waals surface area contributed by atoms with E-state index in [9.17, 15) is 23.1 Å². The van der Waals surface area contributed by atoms with E-state index in [-0.39, 0.29) is 42.1 Å². The Morgan fingerprint density at radius 2 is 1.89 bits per heavy atom. The Hall–Kier alpha value is -2.78. The van der Waals surface area contributed by atoms with Crippen LogP contribution in [-0.2, 0) is 6.18 Å². The number of rotatable bonds is 12. The van der Waals surface area contributed by atoms with E-state index in [4.69, 9.17) is 9.26 Å². The zero-order chi connectivity index (χ0) is 25.3. The third-order valence-corrected chi connectivity index (χ3v) is 6.28. The fraction of sp³-hybridized carbons (Fsp3) is 0.640. The summed E-state index contributed by atoms with van der Waals surface area (Å²) in [6.07, 6.45) is 4.42. The van der Waals surface area contributed by atoms with Crippen molar-refractivity contribution < 1.29 is 32.3 Å². The minimum Gasteiger partial charge on any atom is -0.493 e. The van der Waals surface area contributed by atoms with E-state index in [1.807, 2.05) is 0 Å². The van der Waals surface area contributed by atoms with Gasteiger partial charge in [0.25, 0.3) is 0 Å². The van der Waals surface area contributed by atoms with Crippen molar-refractivity contribution in [3.8, 4) is 17.1 Å². The minimum atomic E-state index is -4.59. The van der Waals surface area contributed by atoms with E-state index >= 15 is 0 Å². The second-order valence-electron chi connectivity index (χ2n) is 9.06. The van der Waals surface area contributed by atoms with Crippen molar-refractivity contribution in [3.63, 3.8) is 0 Å². The molecule has 1 amide bonds. The lowest BCUT2D eigenvalue weighted by atomic mass is 9.98. The van der Waals surface area contributed by atoms with Gasteiger partial charge in [0, 0.05) is 18.7 Å². The maximum atomic E-state index is 13.7. The Morgan fingerprint density at radius 3 is 2.57 bits per heavy atom. The predicted molar refractivity (Wildman–Crippen MR) is 124 cm³/mol. The Balaban J connectivity index is 1.60. The van der Waals surface area contributed by atoms with Gasteiger partial charge < -0.3 is 19.3 Å². The average molecular weight is 498 g/mol. The van der Waals surface area contributed by atoms with Crippen LogP contribution >= 0.6 is 0 Å². The summed E-state index contributed by atoms with van der Waals surface area (Å²) in [6, 6.07) is 3.76. The van der Waals surface area contributed by atoms with Gasteiger partial charge in [0.15, 0.2) is 0 Å². The number of amides is 1. The molecule has 35 heavy (non-hydrogen) atoms. The van der Waals surface area contributed by atoms with Crippen LogP contribution in [0.15, 0.2) is 22.7 Å². The molecule has 0 aliphatic carbocycles. The molecule has 1 aromatic carbocycles. The molecular weight excluding hydrogens is 463 g/mol. The number of alkyl halides is 3. The standard InChI is InChI=1S/C25H34F3N3O4/c1-2-3-4-5-6-7-8-9-15-34-21-13-12-18(16-20(21)25(26,27)28)22-29-23(35-30-22)19-11-10-14-31(17-19)24(32)33/h12-13,16,19H,2-11,14-15,17H2,1H3,(H,32,33)/t19-/m1/s1. The van der Waals surface area contributed by atoms with E-state index < -0.39 is 17.8 Å². The summed E-state index contributed by atoms with van der Waals surface area (Å²) >= 11 is 0. The number of piperidine rings is 1. The molecule has 0 spiro atoms. The van der Waals surface area contributed by atoms with Gasteiger partial charge in [-0.15, -0.1) is 0 Å². The second-order valence-corrected chi connectivity index (χ2v) is 9.06. The minimum absolute atomic E-state index is 0.0348. The number of hydrogen-bond acceptors (Lipinski definition) is 5. The first-order valence-electron chi connectivity index (χ1n) is 12.5. The number of carboxylic acid groups (broad SMARTS) is 1. The number of likely N-dealkylation sites (tertiary alicyclic amines) is 1. The largest absolute Gasteiger partial charge is 0.493 e. The van der Waals surface area contributed by atoms with Crippen molar-refractivity contribution in [2.45, 2.75) is 83.2 Å². The molecule has 0 unspecified atom stereocenters. The van der Waals surface area contributed by atoms with Crippen LogP contribution in [0.25, 0.3) is 11.4 Å². The number of nitrogens with zero attached hydrogens (tertiary/aromatic N) is 3. The molecule has 1 fully saturated rings. The van der Waals surface area contributed by atoms with Crippen LogP contribution in [-0.4, -0.2) is 45.9 Å². The molecular formula is C25H34F3N3O4. The van der Waals surface area contributed by atoms with Crippen LogP contribution in [0, 0.1) is 0 Å². The normalized spacial score (nSPS) is 16.5. The van der Waals surface area contributed by atoms with E-state index in [1.54, 1.807) is 0 Å². The van der Waals surface area contributed by atoms with Crippen LogP contribution in [0.4, 0.5) is 18.0 Å². The van der Waals surface area contributed by atoms with Crippen molar-refractivity contribution in [1.82, 2.24) is 15.0 Å². The molecule has 1 saturated heterocycles. The smallest absolute Gasteiger partial charge is 0.419 e. The molecule has 194 valence electrons. The van der Waals surface area contributed by atoms with E-state index in [2.05, 4.69) is 17.1 Å². The number of aromatic nitrogens is 2. The Kier molecular flexibility index (Phi) is 9.80. The van der Waals surface area contributed by atoms with Gasteiger partial charge in [0.05, 0.1) is 18.1 Å². The molecule has 1 N–H and O–H groups in total. The number of carbonyl (C=O) groups is 1. The Bertz CT molecular complexity index is 948. The highest BCUT2D eigenvalue weighted by Crippen LogP contribution is 2.39. The van der Waals surface area contributed by atoms with Gasteiger partial charge in [-0.3, -0.25) is 0 Å². The fourth-order valence-electron chi connectivity index (χ4n) is 4.31. The summed E-state index contributed by atoms with van der Waals surface area (Å²) < 4.78 is 52.0. The molecule has 0 saturated carbocycles. The molecule has 0 radical (unpaired) electrons. The summed E-state index contributed by atoms with van der Waals surface area (Å²) in [6.45, 7) is 3.05. The van der Waals surface area contributed by atoms with Gasteiger partial charge in [-0.1, -0.05) is 57.0 Å². The predicted octanol–water partition coefficient (Wildman–Crippen LogP) is 7.13. The lowest BCUT2D eigenvalue weighted by Crippen LogP contribution is -2.38. The van der Waals surface area contributed by atoms with Crippen molar-refractivity contribution in [2.75, 3.05) is 19.7 Å². The molecule has 2 aromatic rings. The number of unbranched alkanes of at least 4 members (excludes halogenated alkanes) is 7. The molecule has 0 bridgehead atoms. The lowest BCUT2D eigenvalue weighted by Gasteiger charge is -2.28. The van der Waals surface area contributed by atoms with Gasteiger partial charge in [-0.2, -0.15) is 18.2 Å². The van der Waals surface area contributed by atoms with Crippen LogP contribution in [0.2, 0.25) is 0 Å². The van der Waals surface area contributed by atoms with Gasteiger partial charge in [0.2, 0.25) is 11.7 Å². The molecule has 1 aliphatic heterocycles. The highest BCUT2D eigenvalue weighted by Gasteiger charge is 2.35. The Labute approximate surface area is 203 Å². The first-order valence-corrected chi connectivity index (χ1v) is 12.5. The summed E-state index contributed by atoms with van der Waals surface area (Å²) in [4.78, 5) is 16.8. The second kappa shape index (κ2) is 12.8. The van der Waals surface area contributed by atoms with E-state index in [0.717, 1.165) is 25.3 Å². The SMILES string of the molecule is CCCCCCCCCCOc1ccc(-c2noc([C@@H]3CCCN(C(=O)O)C3)n2)cc1C(F)(F)F. The number of halogens is 3. The summed E-state index contributed by atoms with van der Waals surface area (Å²) in [7, 11) is 0. The molecule has 10 heteroatoms. The first kappa shape index (κ1) is 26.8. The van der Waals surface area contributed by atoms with Crippen molar-refractivity contribution in [2.24, 2.45) is 0 Å². The lowest BCUT2D eigenvalue weighted by molar-refractivity contribution is -0.138. The van der Waals surface area contributed by atoms with Crippen LogP contribution in [0.1, 0.15) is 88.5 Å². The number of benzene rings is 1. The highest BCUT2D eigenvalue weighted by atomic mass is 19.4. The maximum Gasteiger partial charge on any atom is 0.419 e. The maximum absolute atomic E-state index is 13.7. The number of hydrogen-bond donors (Lipinski definition) is 1. The summed E-state index contributed by atoms with van der Waals surface area (Å²) in [5, 5.41) is 13.1. The fourth-order valence-corrected chi connectivity index (χ4v) is 4.31. The molecule has 1 aliphatic rings. The topological polar surface area (TPSA) is 88.7 Å². The van der Waals surface area contributed by atoms with Crippen molar-refractivity contribution in [3.05, 3.63) is 29.7 Å². The van der Waals surface area contributed by atoms with Gasteiger partial charge in [0.1, 0.15) is 5.75 Å². The molecule has 3 rings (SSSR count). The zero-order valence-corrected chi connectivity index (χ0v) is 20.1. The zero-order valence-electron chi connectivity index (χ0n) is 20.1. The van der Waals surface area contributed by atoms with Gasteiger partial charge >= 0.3 is 12.3 Å². The first-order chi connectivity index (χ1) is 16.8. The van der Waals surface area contributed by atoms with E-state index in [0.29, 0.717) is 25.8 Å². The quantitative estimate of drug-likeness (QED) is 0.314. The monoisotopic (exact) mass is 497 g/mol. The average Bonchev–Trinajstić information content (AvgIpc) is 3.33. The molecule has 7 nitrogen and oxygen atoms in total. The number of ether oxygens (including phenoxy) is 1. The molecule has 1 aromatic heterocycles. The molecule has 1 atom stereocenters. The van der Waals surface area contributed by atoms with Crippen LogP contribution in [0.3, 0.4) is 0 Å². The molecule has 2 heterocycles. The highest BCUT2D eigenvalue weighted by molar-refractivity contribution is 5.65. The Morgan fingerprint density at radius 1 is 1.17 bits per heavy atom. The van der Waals surface area contributed by atoms with Crippen LogP contribution in [0.5, 0.6) is 5.75 Å². The third-order valence-electron chi connectivity index (χ3n) is 6.28. The van der Waals surface area contributed by atoms with Crippen LogP contribution < -0.4 is 4.74 Å². The van der Waals surface area contributed by atoms with Crippen molar-refractivity contribution in [1.29, 1.82) is 0 Å². The summed E-state index contributed by atoms with van der Waals surface area (Å²) in [5.74, 6) is -0.225. The van der Waals surface area contributed by atoms with E-state index in [1.165, 1.54) is 42.7 Å². The van der Waals surface area contributed by atoms with Crippen molar-refractivity contribution >= 4 is 6.09 Å². The summed E-state index contributed by atoms with van der Waals surface area (Å²) in [5.41, 5.74) is -0.715.